The van der Waals surface area contributed by atoms with Crippen LogP contribution in [0.25, 0.3) is 10.2 Å². The monoisotopic (exact) mass is 570 g/mol. The Hall–Kier alpha value is -1.84. The van der Waals surface area contributed by atoms with Crippen LogP contribution in [0, 0.1) is 0 Å². The van der Waals surface area contributed by atoms with Crippen molar-refractivity contribution in [2.45, 2.75) is 6.36 Å². The number of thiazole rings is 2. The second-order valence-corrected chi connectivity index (χ2v) is 8.35. The summed E-state index contributed by atoms with van der Waals surface area (Å²) in [6, 6.07) is 4.02. The first-order chi connectivity index (χ1) is 12.4. The van der Waals surface area contributed by atoms with E-state index in [0.717, 1.165) is 28.4 Å². The van der Waals surface area contributed by atoms with E-state index in [1.807, 2.05) is 5.38 Å². The zero-order valence-corrected chi connectivity index (χ0v) is 17.3. The molecule has 0 aliphatic carbocycles. The molecule has 0 amide bonds. The number of halogens is 3. The molecule has 1 aromatic carbocycles. The van der Waals surface area contributed by atoms with Crippen LogP contribution in [0.4, 0.5) is 18.3 Å². The van der Waals surface area contributed by atoms with Gasteiger partial charge in [-0.1, -0.05) is 0 Å². The molecule has 0 saturated heterocycles. The standard InChI is InChI=1S/C14H9F3N4O2S2.W/c15-14(16,17)23-9-1-2-10-11(7-9)25-13(21-10)19-3-5-22-20-8-12-18-4-6-24-12;/h1-2,4,6-8H,5H2,(H,19,21);/b20-8+;. The molecule has 0 aliphatic rings. The molecule has 2 heterocycles. The number of benzene rings is 1. The topological polar surface area (TPSA) is 68.6 Å². The van der Waals surface area contributed by atoms with Gasteiger partial charge in [0.15, 0.2) is 0 Å². The van der Waals surface area contributed by atoms with Crippen molar-refractivity contribution in [3.63, 3.8) is 0 Å². The molecule has 0 saturated carbocycles. The van der Waals surface area contributed by atoms with Crippen LogP contribution in [-0.4, -0.2) is 33.2 Å². The van der Waals surface area contributed by atoms with Gasteiger partial charge in [0.1, 0.15) is 0 Å². The zero-order chi connectivity index (χ0) is 18.6. The first-order valence-electron chi connectivity index (χ1n) is 6.90. The number of alkyl halides is 3. The zero-order valence-electron chi connectivity index (χ0n) is 12.7. The predicted molar refractivity (Wildman–Crippen MR) is 90.6 cm³/mol. The molecular formula is C14H9F3N4O2S2W. The first kappa shape index (κ1) is 18.9. The molecule has 3 rings (SSSR count). The normalized spacial score (nSPS) is 11.8. The Morgan fingerprint density at radius 3 is 2.96 bits per heavy atom. The van der Waals surface area contributed by atoms with Gasteiger partial charge < -0.3 is 0 Å². The Labute approximate surface area is 164 Å². The van der Waals surface area contributed by atoms with E-state index < -0.39 is 6.36 Å². The van der Waals surface area contributed by atoms with Crippen molar-refractivity contribution in [3.8, 4) is 5.75 Å². The second kappa shape index (κ2) is 8.24. The van der Waals surface area contributed by atoms with Crippen LogP contribution in [0.15, 0.2) is 34.9 Å². The molecule has 0 spiro atoms. The van der Waals surface area contributed by atoms with Gasteiger partial charge in [-0.05, 0) is 0 Å². The van der Waals surface area contributed by atoms with Crippen molar-refractivity contribution in [1.29, 1.82) is 0 Å². The van der Waals surface area contributed by atoms with E-state index in [1.165, 1.54) is 47.1 Å². The van der Waals surface area contributed by atoms with E-state index >= 15 is 0 Å². The second-order valence-electron chi connectivity index (χ2n) is 4.62. The number of oxime groups is 1. The maximum atomic E-state index is 12.3. The van der Waals surface area contributed by atoms with Crippen molar-refractivity contribution < 1.29 is 42.1 Å². The molecule has 1 N–H and O–H groups in total. The Morgan fingerprint density at radius 2 is 2.23 bits per heavy atom. The van der Waals surface area contributed by atoms with Crippen LogP contribution in [0.5, 0.6) is 5.75 Å². The Bertz CT molecular complexity index is 928. The number of nitrogens with one attached hydrogen (secondary N) is 1. The van der Waals surface area contributed by atoms with Gasteiger partial charge in [-0.15, -0.1) is 0 Å². The summed E-state index contributed by atoms with van der Waals surface area (Å²) in [6.45, 7) is 0.246. The molecule has 0 unspecified atom stereocenters. The number of aromatic nitrogens is 2. The number of hydrogen-bond donors (Lipinski definition) is 1. The summed E-state index contributed by atoms with van der Waals surface area (Å²) in [4.78, 5) is 13.5. The van der Waals surface area contributed by atoms with Crippen LogP contribution < -0.4 is 10.1 Å². The van der Waals surface area contributed by atoms with Crippen LogP contribution in [0.2, 0.25) is 0 Å². The van der Waals surface area contributed by atoms with Gasteiger partial charge in [0.05, 0.1) is 0 Å². The van der Waals surface area contributed by atoms with Crippen LogP contribution in [0.3, 0.4) is 0 Å². The molecule has 0 aliphatic heterocycles. The van der Waals surface area contributed by atoms with Gasteiger partial charge in [0, 0.05) is 0 Å². The molecule has 0 bridgehead atoms. The number of ether oxygens (including phenoxy) is 1. The third-order valence-corrected chi connectivity index (χ3v) is 5.16. The van der Waals surface area contributed by atoms with Gasteiger partial charge in [-0.2, -0.15) is 0 Å². The van der Waals surface area contributed by atoms with Crippen LogP contribution in [0.1, 0.15) is 5.01 Å². The Balaban J connectivity index is 1.57. The Morgan fingerprint density at radius 1 is 1.38 bits per heavy atom. The summed E-state index contributed by atoms with van der Waals surface area (Å²) in [5.74, 6) is -0.272. The molecule has 6 nitrogen and oxygen atoms in total. The summed E-state index contributed by atoms with van der Waals surface area (Å²) < 4.78 is 42.2. The minimum absolute atomic E-state index is 0.246. The molecule has 26 heavy (non-hydrogen) atoms. The summed E-state index contributed by atoms with van der Waals surface area (Å²) >= 11 is 3.80. The van der Waals surface area contributed by atoms with Gasteiger partial charge in [-0.25, -0.2) is 0 Å². The summed E-state index contributed by atoms with van der Waals surface area (Å²) in [6.07, 6.45) is -1.52. The first-order valence-corrected chi connectivity index (χ1v) is 10.1. The molecular weight excluding hydrogens is 561 g/mol. The quantitative estimate of drug-likeness (QED) is 0.346. The molecule has 0 fully saturated rings. The number of anilines is 1. The fourth-order valence-corrected chi connectivity index (χ4v) is 3.99. The van der Waals surface area contributed by atoms with E-state index in [4.69, 9.17) is 4.84 Å². The van der Waals surface area contributed by atoms with Gasteiger partial charge in [0.2, 0.25) is 0 Å². The van der Waals surface area contributed by atoms with E-state index in [-0.39, 0.29) is 12.4 Å². The average molecular weight is 570 g/mol. The van der Waals surface area contributed by atoms with Gasteiger partial charge in [-0.3, -0.25) is 0 Å². The average Bonchev–Trinajstić information content (AvgIpc) is 3.18. The molecule has 0 radical (unpaired) electrons. The SMILES string of the molecule is FC(F)(F)Oc1ccc2nc(N[C](=[W])CO/N=C/c3nccs3)sc2c1. The Kier molecular flexibility index (Phi) is 6.00. The number of nitrogens with zero attached hydrogens (tertiary/aromatic N) is 3. The summed E-state index contributed by atoms with van der Waals surface area (Å²) in [5.41, 5.74) is 0.581. The molecule has 12 heteroatoms. The van der Waals surface area contributed by atoms with E-state index in [1.54, 1.807) is 6.20 Å². The van der Waals surface area contributed by atoms with Crippen molar-refractivity contribution in [2.75, 3.05) is 11.9 Å². The summed E-state index contributed by atoms with van der Waals surface area (Å²) in [7, 11) is 0. The van der Waals surface area contributed by atoms with Gasteiger partial charge in [0.25, 0.3) is 0 Å². The predicted octanol–water partition coefficient (Wildman–Crippen LogP) is 3.79. The number of rotatable bonds is 7. The summed E-state index contributed by atoms with van der Waals surface area (Å²) in [5, 5.41) is 10.0. The van der Waals surface area contributed by atoms with Gasteiger partial charge >= 0.3 is 164 Å². The van der Waals surface area contributed by atoms with E-state index in [2.05, 4.69) is 25.2 Å². The van der Waals surface area contributed by atoms with Crippen LogP contribution >= 0.6 is 22.7 Å². The fraction of sp³-hybridized carbons (Fsp3) is 0.143. The maximum absolute atomic E-state index is 12.3. The van der Waals surface area contributed by atoms with Crippen molar-refractivity contribution >= 4 is 48.3 Å². The molecule has 0 atom stereocenters. The van der Waals surface area contributed by atoms with E-state index in [9.17, 15) is 13.2 Å². The van der Waals surface area contributed by atoms with Crippen LogP contribution in [-0.2, 0) is 24.2 Å². The van der Waals surface area contributed by atoms with Crippen molar-refractivity contribution in [3.05, 3.63) is 34.8 Å². The molecule has 3 aromatic rings. The van der Waals surface area contributed by atoms with Crippen molar-refractivity contribution in [2.24, 2.45) is 5.16 Å². The third kappa shape index (κ3) is 5.58. The minimum atomic E-state index is -4.72. The van der Waals surface area contributed by atoms with E-state index in [0.29, 0.717) is 15.3 Å². The fourth-order valence-electron chi connectivity index (χ4n) is 1.79. The number of fused-ring (bicyclic) bond motifs is 1. The molecule has 136 valence electrons. The number of hydrogen-bond acceptors (Lipinski definition) is 8. The van der Waals surface area contributed by atoms with Crippen molar-refractivity contribution in [1.82, 2.24) is 9.97 Å². The molecule has 2 aromatic heterocycles. The third-order valence-electron chi connectivity index (χ3n) is 2.72.